The fourth-order valence-electron chi connectivity index (χ4n) is 1.32. The highest BCUT2D eigenvalue weighted by molar-refractivity contribution is 7.89. The van der Waals surface area contributed by atoms with Crippen LogP contribution in [0.25, 0.3) is 0 Å². The van der Waals surface area contributed by atoms with Crippen molar-refractivity contribution in [3.8, 4) is 0 Å². The topological polar surface area (TPSA) is 109 Å². The van der Waals surface area contributed by atoms with Gasteiger partial charge in [0.25, 0.3) is 0 Å². The van der Waals surface area contributed by atoms with E-state index in [9.17, 15) is 8.42 Å². The Labute approximate surface area is 107 Å². The first-order valence-corrected chi connectivity index (χ1v) is 6.89. The molecule has 0 aliphatic carbocycles. The van der Waals surface area contributed by atoms with Crippen LogP contribution in [0.2, 0.25) is 0 Å². The molecule has 0 aliphatic heterocycles. The van der Waals surface area contributed by atoms with Crippen molar-refractivity contribution in [2.75, 3.05) is 19.0 Å². The Morgan fingerprint density at radius 2 is 2.28 bits per heavy atom. The quantitative estimate of drug-likeness (QED) is 0.488. The van der Waals surface area contributed by atoms with E-state index in [-0.39, 0.29) is 17.3 Å². The van der Waals surface area contributed by atoms with Gasteiger partial charge in [-0.2, -0.15) is 0 Å². The van der Waals surface area contributed by atoms with E-state index in [0.29, 0.717) is 6.42 Å². The fraction of sp³-hybridized carbons (Fsp3) is 0.500. The molecule has 0 amide bonds. The summed E-state index contributed by atoms with van der Waals surface area (Å²) in [6.07, 6.45) is 1.20. The number of aliphatic hydroxyl groups excluding tert-OH is 1. The average Bonchev–Trinajstić information content (AvgIpc) is 2.35. The van der Waals surface area contributed by atoms with Gasteiger partial charge in [0, 0.05) is 25.9 Å². The van der Waals surface area contributed by atoms with Gasteiger partial charge >= 0.3 is 0 Å². The molecular weight excluding hydrogens is 256 g/mol. The van der Waals surface area contributed by atoms with Crippen LogP contribution in [0.1, 0.15) is 13.3 Å². The van der Waals surface area contributed by atoms with Crippen LogP contribution in [0.15, 0.2) is 23.2 Å². The zero-order valence-electron chi connectivity index (χ0n) is 10.4. The predicted octanol–water partition coefficient (Wildman–Crippen LogP) is -0.241. The molecule has 0 saturated heterocycles. The van der Waals surface area contributed by atoms with E-state index in [1.54, 1.807) is 6.92 Å². The number of nitrogens with two attached hydrogens (primary N) is 1. The molecule has 0 aliphatic rings. The molecule has 1 atom stereocenters. The van der Waals surface area contributed by atoms with Crippen molar-refractivity contribution in [2.24, 2.45) is 5.84 Å². The largest absolute Gasteiger partial charge is 0.393 e. The summed E-state index contributed by atoms with van der Waals surface area (Å²) in [6, 6.07) is 2.75. The molecule has 0 radical (unpaired) electrons. The van der Waals surface area contributed by atoms with Crippen molar-refractivity contribution >= 4 is 15.8 Å². The fourth-order valence-corrected chi connectivity index (χ4v) is 2.52. The number of nitrogens with one attached hydrogen (secondary N) is 1. The van der Waals surface area contributed by atoms with Gasteiger partial charge in [0.2, 0.25) is 10.0 Å². The second-order valence-electron chi connectivity index (χ2n) is 3.99. The molecule has 18 heavy (non-hydrogen) atoms. The summed E-state index contributed by atoms with van der Waals surface area (Å²) in [4.78, 5) is 3.96. The third-order valence-electron chi connectivity index (χ3n) is 2.45. The number of hydrazine groups is 1. The van der Waals surface area contributed by atoms with E-state index >= 15 is 0 Å². The normalized spacial score (nSPS) is 13.6. The van der Waals surface area contributed by atoms with E-state index in [0.717, 1.165) is 0 Å². The molecule has 0 bridgehead atoms. The number of aromatic nitrogens is 1. The zero-order valence-corrected chi connectivity index (χ0v) is 11.2. The lowest BCUT2D eigenvalue weighted by Gasteiger charge is -2.18. The standard InChI is InChI=1S/C10H18N4O3S/c1-8(15)4-6-14(2)18(16,17)9-3-5-12-10(7-9)13-11/h3,5,7-8,15H,4,6,11H2,1-2H3,(H,12,13). The maximum atomic E-state index is 12.2. The monoisotopic (exact) mass is 274 g/mol. The average molecular weight is 274 g/mol. The number of hydrogen-bond donors (Lipinski definition) is 3. The number of sulfonamides is 1. The van der Waals surface area contributed by atoms with Crippen molar-refractivity contribution in [2.45, 2.75) is 24.3 Å². The van der Waals surface area contributed by atoms with Crippen LogP contribution in [-0.2, 0) is 10.0 Å². The Bertz CT molecular complexity index is 490. The highest BCUT2D eigenvalue weighted by Crippen LogP contribution is 2.16. The third-order valence-corrected chi connectivity index (χ3v) is 4.30. The summed E-state index contributed by atoms with van der Waals surface area (Å²) >= 11 is 0. The molecule has 1 unspecified atom stereocenters. The second-order valence-corrected chi connectivity index (χ2v) is 6.03. The molecule has 0 aromatic carbocycles. The van der Waals surface area contributed by atoms with Gasteiger partial charge in [-0.3, -0.25) is 0 Å². The lowest BCUT2D eigenvalue weighted by atomic mass is 10.3. The highest BCUT2D eigenvalue weighted by atomic mass is 32.2. The summed E-state index contributed by atoms with van der Waals surface area (Å²) in [7, 11) is -2.11. The van der Waals surface area contributed by atoms with Gasteiger partial charge in [-0.1, -0.05) is 0 Å². The van der Waals surface area contributed by atoms with Gasteiger partial charge in [0.1, 0.15) is 5.82 Å². The Balaban J connectivity index is 2.91. The van der Waals surface area contributed by atoms with Crippen LogP contribution in [0.5, 0.6) is 0 Å². The third kappa shape index (κ3) is 3.64. The van der Waals surface area contributed by atoms with E-state index < -0.39 is 16.1 Å². The Morgan fingerprint density at radius 1 is 1.61 bits per heavy atom. The first kappa shape index (κ1) is 14.8. The minimum atomic E-state index is -3.58. The number of aliphatic hydroxyl groups is 1. The van der Waals surface area contributed by atoms with Crippen LogP contribution < -0.4 is 11.3 Å². The molecule has 4 N–H and O–H groups in total. The smallest absolute Gasteiger partial charge is 0.243 e. The highest BCUT2D eigenvalue weighted by Gasteiger charge is 2.21. The Kier molecular flexibility index (Phi) is 5.03. The molecule has 0 fully saturated rings. The van der Waals surface area contributed by atoms with E-state index in [2.05, 4.69) is 10.4 Å². The number of rotatable bonds is 6. The number of nitrogens with zero attached hydrogens (tertiary/aromatic N) is 2. The molecular formula is C10H18N4O3S. The maximum absolute atomic E-state index is 12.2. The summed E-state index contributed by atoms with van der Waals surface area (Å²) in [5, 5.41) is 9.16. The molecule has 0 saturated carbocycles. The van der Waals surface area contributed by atoms with Crippen molar-refractivity contribution < 1.29 is 13.5 Å². The lowest BCUT2D eigenvalue weighted by molar-refractivity contribution is 0.177. The summed E-state index contributed by atoms with van der Waals surface area (Å²) in [5.74, 6) is 5.46. The maximum Gasteiger partial charge on any atom is 0.243 e. The van der Waals surface area contributed by atoms with Gasteiger partial charge in [-0.05, 0) is 19.4 Å². The van der Waals surface area contributed by atoms with Crippen LogP contribution in [0, 0.1) is 0 Å². The van der Waals surface area contributed by atoms with E-state index in [1.165, 1.54) is 29.7 Å². The predicted molar refractivity (Wildman–Crippen MR) is 68.2 cm³/mol. The SMILES string of the molecule is CC(O)CCN(C)S(=O)(=O)c1ccnc(NN)c1. The van der Waals surface area contributed by atoms with Crippen LogP contribution in [0.3, 0.4) is 0 Å². The van der Waals surface area contributed by atoms with Crippen molar-refractivity contribution in [3.63, 3.8) is 0 Å². The molecule has 1 rings (SSSR count). The van der Waals surface area contributed by atoms with Gasteiger partial charge in [-0.15, -0.1) is 0 Å². The number of pyridine rings is 1. The minimum Gasteiger partial charge on any atom is -0.393 e. The molecule has 1 aromatic heterocycles. The second kappa shape index (κ2) is 6.10. The van der Waals surface area contributed by atoms with Gasteiger partial charge < -0.3 is 10.5 Å². The molecule has 102 valence electrons. The summed E-state index contributed by atoms with van der Waals surface area (Å²) < 4.78 is 25.5. The number of hydrogen-bond acceptors (Lipinski definition) is 6. The van der Waals surface area contributed by atoms with Gasteiger partial charge in [-0.25, -0.2) is 23.5 Å². The van der Waals surface area contributed by atoms with Crippen molar-refractivity contribution in [1.82, 2.24) is 9.29 Å². The molecule has 1 aromatic rings. The number of anilines is 1. The van der Waals surface area contributed by atoms with Crippen LogP contribution in [-0.4, -0.2) is 42.5 Å². The number of nitrogen functional groups attached to an aromatic ring is 1. The van der Waals surface area contributed by atoms with Gasteiger partial charge in [0.05, 0.1) is 11.0 Å². The zero-order chi connectivity index (χ0) is 13.8. The van der Waals surface area contributed by atoms with E-state index in [4.69, 9.17) is 10.9 Å². The summed E-state index contributed by atoms with van der Waals surface area (Å²) in [5.41, 5.74) is 2.29. The lowest BCUT2D eigenvalue weighted by Crippen LogP contribution is -2.29. The van der Waals surface area contributed by atoms with Crippen molar-refractivity contribution in [3.05, 3.63) is 18.3 Å². The molecule has 8 heteroatoms. The molecule has 1 heterocycles. The van der Waals surface area contributed by atoms with Gasteiger partial charge in [0.15, 0.2) is 0 Å². The van der Waals surface area contributed by atoms with Crippen molar-refractivity contribution in [1.29, 1.82) is 0 Å². The van der Waals surface area contributed by atoms with E-state index in [1.807, 2.05) is 0 Å². The first-order chi connectivity index (χ1) is 8.37. The Hall–Kier alpha value is -1.22. The minimum absolute atomic E-state index is 0.110. The molecule has 0 spiro atoms. The molecule has 7 nitrogen and oxygen atoms in total. The summed E-state index contributed by atoms with van der Waals surface area (Å²) in [6.45, 7) is 1.86. The van der Waals surface area contributed by atoms with Crippen LogP contribution in [0.4, 0.5) is 5.82 Å². The first-order valence-electron chi connectivity index (χ1n) is 5.45. The Morgan fingerprint density at radius 3 is 2.83 bits per heavy atom. The van der Waals surface area contributed by atoms with Crippen LogP contribution >= 0.6 is 0 Å².